The molecule has 0 fully saturated rings. The summed E-state index contributed by atoms with van der Waals surface area (Å²) in [6.07, 6.45) is -1.76. The van der Waals surface area contributed by atoms with E-state index in [-0.39, 0.29) is 17.4 Å². The van der Waals surface area contributed by atoms with Gasteiger partial charge < -0.3 is 10.1 Å². The molecule has 0 amide bonds. The summed E-state index contributed by atoms with van der Waals surface area (Å²) < 4.78 is 43.4. The molecule has 0 aliphatic heterocycles. The van der Waals surface area contributed by atoms with Crippen molar-refractivity contribution in [1.29, 1.82) is 0 Å². The van der Waals surface area contributed by atoms with Gasteiger partial charge in [0.15, 0.2) is 0 Å². The quantitative estimate of drug-likeness (QED) is 0.487. The third-order valence-electron chi connectivity index (χ3n) is 4.46. The maximum Gasteiger partial charge on any atom is 0.573 e. The lowest BCUT2D eigenvalue weighted by atomic mass is 10.1. The van der Waals surface area contributed by atoms with Crippen molar-refractivity contribution in [3.63, 3.8) is 0 Å². The molecule has 0 unspecified atom stereocenters. The van der Waals surface area contributed by atoms with Crippen LogP contribution in [0, 0.1) is 0 Å². The summed E-state index contributed by atoms with van der Waals surface area (Å²) in [6, 6.07) is 4.81. The van der Waals surface area contributed by atoms with Crippen molar-refractivity contribution in [3.05, 3.63) is 34.1 Å². The molecular formula is C20H25BrF3N3O. The van der Waals surface area contributed by atoms with Crippen molar-refractivity contribution in [2.75, 3.05) is 5.32 Å². The number of hydrogen-bond acceptors (Lipinski definition) is 4. The molecule has 1 aromatic carbocycles. The van der Waals surface area contributed by atoms with Gasteiger partial charge in [-0.05, 0) is 43.9 Å². The Kier molecular flexibility index (Phi) is 7.69. The standard InChI is InChI=1S/C20H25BrF3N3O/c1-5-13(6-2)25-19-16(8-4)26-18(15(7-3)27-19)14-10-9-12(21)11-17(14)28-20(22,23)24/h9-11,13H,5-8H2,1-4H3,(H,25,27). The highest BCUT2D eigenvalue weighted by Crippen LogP contribution is 2.37. The van der Waals surface area contributed by atoms with Crippen LogP contribution in [0.3, 0.4) is 0 Å². The van der Waals surface area contributed by atoms with Crippen molar-refractivity contribution in [1.82, 2.24) is 9.97 Å². The maximum absolute atomic E-state index is 12.9. The van der Waals surface area contributed by atoms with Crippen molar-refractivity contribution >= 4 is 21.7 Å². The number of aryl methyl sites for hydroxylation is 2. The SMILES string of the molecule is CCc1nc(-c2ccc(Br)cc2OC(F)(F)F)c(CC)nc1NC(CC)CC. The van der Waals surface area contributed by atoms with Crippen molar-refractivity contribution in [3.8, 4) is 17.0 Å². The second kappa shape index (κ2) is 9.58. The van der Waals surface area contributed by atoms with Crippen LogP contribution in [0.5, 0.6) is 5.75 Å². The lowest BCUT2D eigenvalue weighted by molar-refractivity contribution is -0.274. The van der Waals surface area contributed by atoms with Crippen LogP contribution in [0.2, 0.25) is 0 Å². The first kappa shape index (κ1) is 22.5. The zero-order valence-electron chi connectivity index (χ0n) is 16.5. The van der Waals surface area contributed by atoms with Gasteiger partial charge >= 0.3 is 6.36 Å². The Morgan fingerprint density at radius 3 is 2.21 bits per heavy atom. The second-order valence-electron chi connectivity index (χ2n) is 6.37. The van der Waals surface area contributed by atoms with E-state index >= 15 is 0 Å². The van der Waals surface area contributed by atoms with Gasteiger partial charge in [-0.25, -0.2) is 9.97 Å². The molecule has 0 saturated heterocycles. The zero-order valence-corrected chi connectivity index (χ0v) is 18.0. The highest BCUT2D eigenvalue weighted by molar-refractivity contribution is 9.10. The number of nitrogens with one attached hydrogen (secondary N) is 1. The fraction of sp³-hybridized carbons (Fsp3) is 0.500. The Morgan fingerprint density at radius 2 is 1.68 bits per heavy atom. The van der Waals surface area contributed by atoms with Crippen LogP contribution in [0.1, 0.15) is 51.9 Å². The number of nitrogens with zero attached hydrogens (tertiary/aromatic N) is 2. The van der Waals surface area contributed by atoms with Crippen LogP contribution in [0.4, 0.5) is 19.0 Å². The molecule has 4 nitrogen and oxygen atoms in total. The van der Waals surface area contributed by atoms with Crippen molar-refractivity contribution in [2.45, 2.75) is 65.8 Å². The molecule has 0 spiro atoms. The third kappa shape index (κ3) is 5.59. The first-order chi connectivity index (χ1) is 13.2. The summed E-state index contributed by atoms with van der Waals surface area (Å²) in [5.41, 5.74) is 2.04. The Bertz CT molecular complexity index is 808. The highest BCUT2D eigenvalue weighted by Gasteiger charge is 2.33. The molecule has 0 bridgehead atoms. The first-order valence-electron chi connectivity index (χ1n) is 9.44. The molecule has 2 aromatic rings. The number of aromatic nitrogens is 2. The average Bonchev–Trinajstić information content (AvgIpc) is 2.64. The molecule has 0 saturated carbocycles. The summed E-state index contributed by atoms with van der Waals surface area (Å²) in [5.74, 6) is 0.404. The fourth-order valence-corrected chi connectivity index (χ4v) is 3.26. The fourth-order valence-electron chi connectivity index (χ4n) is 2.92. The Labute approximate surface area is 172 Å². The number of benzene rings is 1. The molecule has 8 heteroatoms. The number of anilines is 1. The molecule has 0 aliphatic rings. The molecule has 154 valence electrons. The highest BCUT2D eigenvalue weighted by atomic mass is 79.9. The largest absolute Gasteiger partial charge is 0.573 e. The number of halogens is 4. The molecule has 0 atom stereocenters. The number of ether oxygens (including phenoxy) is 1. The van der Waals surface area contributed by atoms with E-state index in [1.807, 2.05) is 13.8 Å². The van der Waals surface area contributed by atoms with Crippen LogP contribution in [0.25, 0.3) is 11.3 Å². The van der Waals surface area contributed by atoms with Gasteiger partial charge in [0.2, 0.25) is 0 Å². The summed E-state index contributed by atoms with van der Waals surface area (Å²) in [7, 11) is 0. The van der Waals surface area contributed by atoms with Gasteiger partial charge in [0.05, 0.1) is 17.1 Å². The zero-order chi connectivity index (χ0) is 20.9. The molecule has 1 aromatic heterocycles. The van der Waals surface area contributed by atoms with Gasteiger partial charge in [0.25, 0.3) is 0 Å². The van der Waals surface area contributed by atoms with E-state index in [2.05, 4.69) is 44.8 Å². The van der Waals surface area contributed by atoms with E-state index in [1.165, 1.54) is 6.07 Å². The monoisotopic (exact) mass is 459 g/mol. The third-order valence-corrected chi connectivity index (χ3v) is 4.95. The van der Waals surface area contributed by atoms with Gasteiger partial charge in [-0.3, -0.25) is 0 Å². The first-order valence-corrected chi connectivity index (χ1v) is 10.2. The van der Waals surface area contributed by atoms with Crippen LogP contribution in [-0.4, -0.2) is 22.4 Å². The molecule has 2 rings (SSSR count). The van der Waals surface area contributed by atoms with Gasteiger partial charge in [-0.2, -0.15) is 0 Å². The Hall–Kier alpha value is -1.83. The van der Waals surface area contributed by atoms with Crippen LogP contribution in [0.15, 0.2) is 22.7 Å². The molecule has 0 radical (unpaired) electrons. The van der Waals surface area contributed by atoms with Gasteiger partial charge in [-0.1, -0.05) is 43.6 Å². The molecule has 28 heavy (non-hydrogen) atoms. The average molecular weight is 460 g/mol. The van der Waals surface area contributed by atoms with E-state index in [9.17, 15) is 13.2 Å². The van der Waals surface area contributed by atoms with Crippen molar-refractivity contribution < 1.29 is 17.9 Å². The Morgan fingerprint density at radius 1 is 1.04 bits per heavy atom. The van der Waals surface area contributed by atoms with Crippen molar-refractivity contribution in [2.24, 2.45) is 0 Å². The topological polar surface area (TPSA) is 47.0 Å². The van der Waals surface area contributed by atoms with Gasteiger partial charge in [0.1, 0.15) is 11.6 Å². The number of alkyl halides is 3. The van der Waals surface area contributed by atoms with E-state index in [0.717, 1.165) is 18.5 Å². The predicted octanol–water partition coefficient (Wildman–Crippen LogP) is 6.53. The minimum atomic E-state index is -4.79. The lowest BCUT2D eigenvalue weighted by Crippen LogP contribution is -2.21. The summed E-state index contributed by atoms with van der Waals surface area (Å²) in [4.78, 5) is 9.40. The summed E-state index contributed by atoms with van der Waals surface area (Å²) in [6.45, 7) is 8.05. The minimum absolute atomic E-state index is 0.270. The number of hydrogen-bond donors (Lipinski definition) is 1. The van der Waals surface area contributed by atoms with Crippen LogP contribution in [-0.2, 0) is 12.8 Å². The Balaban J connectivity index is 2.60. The summed E-state index contributed by atoms with van der Waals surface area (Å²) >= 11 is 3.20. The van der Waals surface area contributed by atoms with Gasteiger partial charge in [0, 0.05) is 16.1 Å². The van der Waals surface area contributed by atoms with E-state index in [1.54, 1.807) is 12.1 Å². The lowest BCUT2D eigenvalue weighted by Gasteiger charge is -2.20. The molecular weight excluding hydrogens is 435 g/mol. The molecule has 1 heterocycles. The number of rotatable bonds is 8. The minimum Gasteiger partial charge on any atom is -0.405 e. The van der Waals surface area contributed by atoms with Crippen LogP contribution < -0.4 is 10.1 Å². The van der Waals surface area contributed by atoms with E-state index < -0.39 is 6.36 Å². The summed E-state index contributed by atoms with van der Waals surface area (Å²) in [5, 5.41) is 3.42. The van der Waals surface area contributed by atoms with Gasteiger partial charge in [-0.15, -0.1) is 13.2 Å². The molecule has 1 N–H and O–H groups in total. The molecule has 0 aliphatic carbocycles. The maximum atomic E-state index is 12.9. The van der Waals surface area contributed by atoms with E-state index in [4.69, 9.17) is 4.98 Å². The second-order valence-corrected chi connectivity index (χ2v) is 7.28. The predicted molar refractivity (Wildman–Crippen MR) is 109 cm³/mol. The normalized spacial score (nSPS) is 11.8. The van der Waals surface area contributed by atoms with E-state index in [0.29, 0.717) is 34.5 Å². The van der Waals surface area contributed by atoms with Crippen LogP contribution >= 0.6 is 15.9 Å². The smallest absolute Gasteiger partial charge is 0.405 e.